The largest absolute Gasteiger partial charge is 0.390 e. The van der Waals surface area contributed by atoms with Crippen LogP contribution in [0, 0.1) is 16.7 Å². The zero-order valence-electron chi connectivity index (χ0n) is 38.3. The molecule has 3 fully saturated rings. The Morgan fingerprint density at radius 1 is 0.896 bits per heavy atom. The normalized spacial score (nSPS) is 31.6. The van der Waals surface area contributed by atoms with Crippen LogP contribution < -0.4 is 16.0 Å². The number of nitrogens with one attached hydrogen (secondary N) is 3. The lowest BCUT2D eigenvalue weighted by Gasteiger charge is -2.53. The molecule has 2 aliphatic heterocycles. The quantitative estimate of drug-likeness (QED) is 0.148. The first-order valence-corrected chi connectivity index (χ1v) is 22.7. The number of rotatable bonds is 16. The fourth-order valence-electron chi connectivity index (χ4n) is 10.6. The van der Waals surface area contributed by atoms with Crippen LogP contribution in [0.25, 0.3) is 0 Å². The number of halogens is 2. The van der Waals surface area contributed by atoms with Gasteiger partial charge in [0.15, 0.2) is 23.5 Å². The minimum absolute atomic E-state index is 0.0196. The molecule has 7 rings (SSSR count). The van der Waals surface area contributed by atoms with Crippen LogP contribution in [-0.4, -0.2) is 111 Å². The van der Waals surface area contributed by atoms with Gasteiger partial charge in [0.2, 0.25) is 17.7 Å². The number of imide groups is 1. The summed E-state index contributed by atoms with van der Waals surface area (Å²) in [5.41, 5.74) is -4.09. The Balaban J connectivity index is 0.959. The lowest BCUT2D eigenvalue weighted by molar-refractivity contribution is -0.184. The summed E-state index contributed by atoms with van der Waals surface area (Å²) in [5, 5.41) is 30.1. The van der Waals surface area contributed by atoms with Gasteiger partial charge in [-0.15, -0.1) is 0 Å². The zero-order valence-corrected chi connectivity index (χ0v) is 38.3. The topological polar surface area (TPSA) is 218 Å². The van der Waals surface area contributed by atoms with Crippen molar-refractivity contribution >= 4 is 46.8 Å². The monoisotopic (exact) mass is 928 g/mol. The summed E-state index contributed by atoms with van der Waals surface area (Å²) in [6, 6.07) is 12.6. The summed E-state index contributed by atoms with van der Waals surface area (Å²) in [6.07, 6.45) is 0.0716. The molecule has 0 spiro atoms. The van der Waals surface area contributed by atoms with Crippen molar-refractivity contribution in [3.63, 3.8) is 0 Å². The summed E-state index contributed by atoms with van der Waals surface area (Å²) in [4.78, 5) is 88.6. The van der Waals surface area contributed by atoms with Crippen LogP contribution in [0.1, 0.15) is 103 Å². The van der Waals surface area contributed by atoms with E-state index in [9.17, 15) is 43.8 Å². The van der Waals surface area contributed by atoms with E-state index in [2.05, 4.69) is 16.0 Å². The number of ketones is 2. The fourth-order valence-corrected chi connectivity index (χ4v) is 10.6. The number of carbonyl (C=O) groups excluding carboxylic acids is 7. The zero-order chi connectivity index (χ0) is 48.8. The highest BCUT2D eigenvalue weighted by molar-refractivity contribution is 6.13. The number of benzene rings is 2. The van der Waals surface area contributed by atoms with Gasteiger partial charge in [-0.3, -0.25) is 38.5 Å². The van der Waals surface area contributed by atoms with E-state index in [0.29, 0.717) is 17.7 Å². The molecule has 5 amide bonds. The molecule has 0 unspecified atom stereocenters. The maximum Gasteiger partial charge on any atom is 0.253 e. The standard InChI is InChI=1S/C50H58F2N4O11/c1-27-23-40-50(39(60)26-57,48(27,6)25-38(59)49(52)21-18-37(51)36-24-35(58)17-20-47(36,49)5)67-46(66-40)33-9-7-31(8-10-33)28(2)32-11-13-34(14-12-32)55-45(65)30(4)54-44(64)29(3)53-41(61)19-22-56-42(62)15-16-43(56)63/h7-17,20,24,27-30,37-38,40,46,57,59H,18-19,21-23,25-26H2,1-6H3,(H,53,61)(H,54,64)(H,55,65)/t27-,28-,29+,30+,37+,38+,40-,46-,47+,48+,49+,50-/m1/s1. The van der Waals surface area contributed by atoms with Crippen molar-refractivity contribution in [2.75, 3.05) is 18.5 Å². The van der Waals surface area contributed by atoms with Crippen LogP contribution in [0.3, 0.4) is 0 Å². The number of ether oxygens (including phenoxy) is 2. The van der Waals surface area contributed by atoms with Crippen molar-refractivity contribution in [1.82, 2.24) is 15.5 Å². The first kappa shape index (κ1) is 49.2. The Kier molecular flexibility index (Phi) is 13.7. The lowest BCUT2D eigenvalue weighted by Crippen LogP contribution is -2.62. The molecular formula is C50H58F2N4O11. The molecule has 5 aliphatic rings. The Morgan fingerprint density at radius 2 is 1.51 bits per heavy atom. The molecule has 15 nitrogen and oxygen atoms in total. The maximum absolute atomic E-state index is 17.4. The van der Waals surface area contributed by atoms with Crippen LogP contribution in [-0.2, 0) is 43.0 Å². The van der Waals surface area contributed by atoms with Gasteiger partial charge in [0.1, 0.15) is 30.5 Å². The molecule has 0 bridgehead atoms. The summed E-state index contributed by atoms with van der Waals surface area (Å²) in [5.74, 6) is -4.24. The van der Waals surface area contributed by atoms with E-state index in [0.717, 1.165) is 34.3 Å². The van der Waals surface area contributed by atoms with Crippen molar-refractivity contribution in [1.29, 1.82) is 0 Å². The Hall–Kier alpha value is -5.75. The summed E-state index contributed by atoms with van der Waals surface area (Å²) < 4.78 is 45.7. The molecule has 1 saturated heterocycles. The smallest absolute Gasteiger partial charge is 0.253 e. The third kappa shape index (κ3) is 8.82. The Morgan fingerprint density at radius 3 is 2.13 bits per heavy atom. The number of anilines is 1. The number of aliphatic hydroxyl groups is 2. The van der Waals surface area contributed by atoms with Crippen molar-refractivity contribution in [2.45, 2.75) is 128 Å². The van der Waals surface area contributed by atoms with E-state index in [1.54, 1.807) is 19.1 Å². The number of nitrogens with zero attached hydrogens (tertiary/aromatic N) is 1. The molecule has 67 heavy (non-hydrogen) atoms. The molecule has 2 heterocycles. The molecule has 2 aromatic rings. The first-order valence-electron chi connectivity index (χ1n) is 22.7. The summed E-state index contributed by atoms with van der Waals surface area (Å²) in [7, 11) is 0. The Bertz CT molecular complexity index is 2410. The van der Waals surface area contributed by atoms with E-state index >= 15 is 8.78 Å². The van der Waals surface area contributed by atoms with Gasteiger partial charge in [-0.05, 0) is 93.4 Å². The number of fused-ring (bicyclic) bond motifs is 2. The van der Waals surface area contributed by atoms with Gasteiger partial charge >= 0.3 is 0 Å². The van der Waals surface area contributed by atoms with Crippen molar-refractivity contribution in [2.24, 2.45) is 16.7 Å². The third-order valence-corrected chi connectivity index (χ3v) is 15.1. The van der Waals surface area contributed by atoms with E-state index in [1.807, 2.05) is 50.2 Å². The van der Waals surface area contributed by atoms with Crippen LogP contribution >= 0.6 is 0 Å². The van der Waals surface area contributed by atoms with Crippen molar-refractivity contribution < 1.29 is 62.0 Å². The van der Waals surface area contributed by atoms with E-state index in [1.165, 1.54) is 32.9 Å². The molecular weight excluding hydrogens is 871 g/mol. The van der Waals surface area contributed by atoms with E-state index < -0.39 is 107 Å². The molecule has 17 heteroatoms. The number of carbonyl (C=O) groups is 7. The van der Waals surface area contributed by atoms with Gasteiger partial charge in [0.05, 0.1) is 12.2 Å². The number of allylic oxidation sites excluding steroid dienone is 4. The second kappa shape index (κ2) is 18.7. The number of hydrogen-bond donors (Lipinski definition) is 5. The maximum atomic E-state index is 17.4. The highest BCUT2D eigenvalue weighted by Crippen LogP contribution is 2.64. The molecule has 358 valence electrons. The predicted molar refractivity (Wildman–Crippen MR) is 239 cm³/mol. The summed E-state index contributed by atoms with van der Waals surface area (Å²) in [6.45, 7) is 9.02. The molecule has 2 aromatic carbocycles. The predicted octanol–water partition coefficient (Wildman–Crippen LogP) is 4.52. The van der Waals surface area contributed by atoms with Crippen LogP contribution in [0.15, 0.2) is 84.5 Å². The fraction of sp³-hybridized carbons (Fsp3) is 0.500. The van der Waals surface area contributed by atoms with E-state index in [-0.39, 0.29) is 49.6 Å². The number of aliphatic hydroxyl groups excluding tert-OH is 2. The van der Waals surface area contributed by atoms with Crippen molar-refractivity contribution in [3.05, 3.63) is 101 Å². The number of alkyl halides is 2. The van der Waals surface area contributed by atoms with Crippen LogP contribution in [0.2, 0.25) is 0 Å². The second-order valence-electron chi connectivity index (χ2n) is 19.0. The molecule has 3 aliphatic carbocycles. The van der Waals surface area contributed by atoms with E-state index in [4.69, 9.17) is 9.47 Å². The summed E-state index contributed by atoms with van der Waals surface area (Å²) >= 11 is 0. The third-order valence-electron chi connectivity index (χ3n) is 15.1. The molecule has 2 saturated carbocycles. The van der Waals surface area contributed by atoms with Gasteiger partial charge in [0.25, 0.3) is 11.8 Å². The average molecular weight is 929 g/mol. The van der Waals surface area contributed by atoms with Gasteiger partial charge in [-0.2, -0.15) is 0 Å². The average Bonchev–Trinajstić information content (AvgIpc) is 3.91. The molecule has 0 radical (unpaired) electrons. The molecule has 0 aromatic heterocycles. The Labute approximate surface area is 387 Å². The van der Waals surface area contributed by atoms with Crippen LogP contribution in [0.4, 0.5) is 14.5 Å². The number of Topliss-reactive ketones (excluding diaryl/α,β-unsaturated/α-hetero) is 1. The second-order valence-corrected chi connectivity index (χ2v) is 19.0. The highest BCUT2D eigenvalue weighted by Gasteiger charge is 2.72. The van der Waals surface area contributed by atoms with Gasteiger partial charge in [-0.1, -0.05) is 63.2 Å². The number of hydrogen-bond acceptors (Lipinski definition) is 11. The first-order chi connectivity index (χ1) is 31.6. The van der Waals surface area contributed by atoms with Gasteiger partial charge in [-0.25, -0.2) is 8.78 Å². The van der Waals surface area contributed by atoms with Crippen LogP contribution in [0.5, 0.6) is 0 Å². The number of amides is 5. The molecule has 5 N–H and O–H groups in total. The lowest BCUT2D eigenvalue weighted by atomic mass is 9.55. The minimum atomic E-state index is -2.38. The van der Waals surface area contributed by atoms with Gasteiger partial charge in [0, 0.05) is 53.1 Å². The van der Waals surface area contributed by atoms with Crippen molar-refractivity contribution in [3.8, 4) is 0 Å². The van der Waals surface area contributed by atoms with Gasteiger partial charge < -0.3 is 35.6 Å². The minimum Gasteiger partial charge on any atom is -0.390 e. The molecule has 12 atom stereocenters. The SMILES string of the molecule is C[C@@H](c1ccc(NC(=O)[C@H](C)NC(=O)[C@H](C)NC(=O)CCN2C(=O)C=CC2=O)cc1)c1ccc([C@@H]2O[C@@H]3C[C@@H](C)[C@](C)(C[C@H](O)[C@@]4(F)CC[C@H](F)C5=CC(=O)C=C[C@@]54C)[C@]3(C(=O)CO)O2)cc1. The highest BCUT2D eigenvalue weighted by atomic mass is 19.1.